The van der Waals surface area contributed by atoms with Gasteiger partial charge in [-0.05, 0) is 12.8 Å². The lowest BCUT2D eigenvalue weighted by Gasteiger charge is -2.24. The van der Waals surface area contributed by atoms with E-state index in [4.69, 9.17) is 18.5 Å². The number of hydrogen-bond donors (Lipinski definition) is 1. The van der Waals surface area contributed by atoms with Gasteiger partial charge in [0, 0.05) is 12.8 Å². The molecule has 0 heterocycles. The second kappa shape index (κ2) is 48.1. The van der Waals surface area contributed by atoms with Crippen molar-refractivity contribution in [3.05, 3.63) is 0 Å². The summed E-state index contributed by atoms with van der Waals surface area (Å²) in [6, 6.07) is 0. The van der Waals surface area contributed by atoms with Crippen LogP contribution in [-0.2, 0) is 32.7 Å². The molecule has 0 spiro atoms. The van der Waals surface area contributed by atoms with Gasteiger partial charge in [-0.2, -0.15) is 0 Å². The predicted octanol–water partition coefficient (Wildman–Crippen LogP) is 17.1. The third-order valence-corrected chi connectivity index (χ3v) is 13.9. The molecule has 0 saturated heterocycles. The van der Waals surface area contributed by atoms with Gasteiger partial charge in [0.1, 0.15) is 19.8 Å². The summed E-state index contributed by atoms with van der Waals surface area (Å²) in [5.41, 5.74) is 0. The Morgan fingerprint density at radius 3 is 0.985 bits per heavy atom. The third kappa shape index (κ3) is 52.2. The van der Waals surface area contributed by atoms with Crippen LogP contribution in [-0.4, -0.2) is 74.9 Å². The molecule has 0 aromatic heterocycles. The summed E-state index contributed by atoms with van der Waals surface area (Å²) in [5.74, 6) is -0.774. The summed E-state index contributed by atoms with van der Waals surface area (Å²) in [5, 5.41) is 0. The highest BCUT2D eigenvalue weighted by atomic mass is 31.2. The SMILES string of the molecule is CCCCCCCCCCCCCCCCCCCCCCCC(=O)OC(COC(=O)CCCCCCCCCCCCCCCCCCCCCC)COP(=O)(O)OCC[N+](C)(C)C. The number of unbranched alkanes of at least 4 members (excludes halogenated alkanes) is 39. The number of ether oxygens (including phenoxy) is 2. The van der Waals surface area contributed by atoms with Crippen LogP contribution in [0.4, 0.5) is 0 Å². The predicted molar refractivity (Wildman–Crippen MR) is 275 cm³/mol. The highest BCUT2D eigenvalue weighted by Gasteiger charge is 2.27. The van der Waals surface area contributed by atoms with Crippen LogP contribution in [0.15, 0.2) is 0 Å². The van der Waals surface area contributed by atoms with Crippen LogP contribution in [0.3, 0.4) is 0 Å². The zero-order valence-corrected chi connectivity index (χ0v) is 44.9. The van der Waals surface area contributed by atoms with E-state index < -0.39 is 26.5 Å². The molecule has 65 heavy (non-hydrogen) atoms. The Morgan fingerprint density at radius 1 is 0.415 bits per heavy atom. The Labute approximate surface area is 404 Å². The van der Waals surface area contributed by atoms with Crippen molar-refractivity contribution < 1.29 is 42.1 Å². The van der Waals surface area contributed by atoms with Gasteiger partial charge in [-0.15, -0.1) is 0 Å². The first kappa shape index (κ1) is 64.0. The summed E-state index contributed by atoms with van der Waals surface area (Å²) in [6.45, 7) is 4.51. The lowest BCUT2D eigenvalue weighted by Crippen LogP contribution is -2.37. The molecular formula is C55H111NO8P+. The molecule has 0 aliphatic rings. The number of quaternary nitrogens is 1. The summed E-state index contributed by atoms with van der Waals surface area (Å²) < 4.78 is 34.6. The average molecular weight is 945 g/mol. The van der Waals surface area contributed by atoms with E-state index in [0.717, 1.165) is 38.5 Å². The first-order valence-electron chi connectivity index (χ1n) is 28.3. The Kier molecular flexibility index (Phi) is 47.3. The van der Waals surface area contributed by atoms with Crippen molar-refractivity contribution in [3.8, 4) is 0 Å². The second-order valence-electron chi connectivity index (χ2n) is 20.7. The lowest BCUT2D eigenvalue weighted by molar-refractivity contribution is -0.870. The van der Waals surface area contributed by atoms with E-state index >= 15 is 0 Å². The monoisotopic (exact) mass is 945 g/mol. The molecule has 0 aliphatic heterocycles. The number of rotatable bonds is 53. The van der Waals surface area contributed by atoms with Crippen molar-refractivity contribution >= 4 is 19.8 Å². The molecule has 9 nitrogen and oxygen atoms in total. The maximum atomic E-state index is 12.8. The van der Waals surface area contributed by atoms with Gasteiger partial charge in [-0.3, -0.25) is 18.6 Å². The summed E-state index contributed by atoms with van der Waals surface area (Å²) >= 11 is 0. The molecule has 0 rings (SSSR count). The normalized spacial score (nSPS) is 13.3. The fraction of sp³-hybridized carbons (Fsp3) is 0.964. The van der Waals surface area contributed by atoms with Crippen molar-refractivity contribution in [1.82, 2.24) is 0 Å². The van der Waals surface area contributed by atoms with Crippen LogP contribution in [0, 0.1) is 0 Å². The van der Waals surface area contributed by atoms with E-state index in [1.54, 1.807) is 0 Å². The third-order valence-electron chi connectivity index (χ3n) is 12.9. The van der Waals surface area contributed by atoms with E-state index in [9.17, 15) is 19.0 Å². The maximum Gasteiger partial charge on any atom is 0.472 e. The summed E-state index contributed by atoms with van der Waals surface area (Å²) in [6.07, 6.45) is 53.0. The van der Waals surface area contributed by atoms with Crippen molar-refractivity contribution in [1.29, 1.82) is 0 Å². The molecule has 2 unspecified atom stereocenters. The topological polar surface area (TPSA) is 108 Å². The van der Waals surface area contributed by atoms with Crippen LogP contribution in [0.25, 0.3) is 0 Å². The van der Waals surface area contributed by atoms with Gasteiger partial charge in [0.15, 0.2) is 6.10 Å². The van der Waals surface area contributed by atoms with Gasteiger partial charge in [0.2, 0.25) is 0 Å². The molecule has 0 radical (unpaired) electrons. The van der Waals surface area contributed by atoms with Crippen molar-refractivity contribution in [2.75, 3.05) is 47.5 Å². The molecular weight excluding hydrogens is 834 g/mol. The summed E-state index contributed by atoms with van der Waals surface area (Å²) in [4.78, 5) is 35.6. The second-order valence-corrected chi connectivity index (χ2v) is 22.1. The zero-order valence-electron chi connectivity index (χ0n) is 44.0. The number of esters is 2. The average Bonchev–Trinajstić information content (AvgIpc) is 3.26. The largest absolute Gasteiger partial charge is 0.472 e. The quantitative estimate of drug-likeness (QED) is 0.0278. The van der Waals surface area contributed by atoms with Gasteiger partial charge in [0.25, 0.3) is 0 Å². The number of phosphoric ester groups is 1. The van der Waals surface area contributed by atoms with Crippen LogP contribution < -0.4 is 0 Å². The minimum Gasteiger partial charge on any atom is -0.462 e. The smallest absolute Gasteiger partial charge is 0.462 e. The van der Waals surface area contributed by atoms with Gasteiger partial charge in [-0.1, -0.05) is 264 Å². The van der Waals surface area contributed by atoms with Crippen molar-refractivity contribution in [3.63, 3.8) is 0 Å². The Balaban J connectivity index is 4.13. The number of likely N-dealkylation sites (N-methyl/N-ethyl adjacent to an activating group) is 1. The van der Waals surface area contributed by atoms with E-state index in [0.29, 0.717) is 17.4 Å². The van der Waals surface area contributed by atoms with Gasteiger partial charge >= 0.3 is 19.8 Å². The molecule has 2 atom stereocenters. The van der Waals surface area contributed by atoms with Crippen LogP contribution in [0.2, 0.25) is 0 Å². The minimum atomic E-state index is -4.38. The maximum absolute atomic E-state index is 12.8. The number of phosphoric acid groups is 1. The molecule has 0 amide bonds. The van der Waals surface area contributed by atoms with Crippen LogP contribution in [0.1, 0.15) is 290 Å². The highest BCUT2D eigenvalue weighted by Crippen LogP contribution is 2.43. The molecule has 0 aromatic carbocycles. The number of hydrogen-bond acceptors (Lipinski definition) is 7. The van der Waals surface area contributed by atoms with E-state index in [-0.39, 0.29) is 25.6 Å². The lowest BCUT2D eigenvalue weighted by atomic mass is 10.0. The Morgan fingerprint density at radius 2 is 0.692 bits per heavy atom. The molecule has 0 aromatic rings. The first-order valence-corrected chi connectivity index (χ1v) is 29.8. The van der Waals surface area contributed by atoms with Crippen molar-refractivity contribution in [2.24, 2.45) is 0 Å². The number of carbonyl (C=O) groups is 2. The van der Waals surface area contributed by atoms with Crippen molar-refractivity contribution in [2.45, 2.75) is 296 Å². The van der Waals surface area contributed by atoms with E-state index in [1.807, 2.05) is 21.1 Å². The zero-order chi connectivity index (χ0) is 47.8. The van der Waals surface area contributed by atoms with Gasteiger partial charge in [0.05, 0.1) is 27.7 Å². The Hall–Kier alpha value is -0.990. The number of nitrogens with zero attached hydrogens (tertiary/aromatic N) is 1. The molecule has 0 bridgehead atoms. The van der Waals surface area contributed by atoms with E-state index in [1.165, 1.54) is 225 Å². The highest BCUT2D eigenvalue weighted by molar-refractivity contribution is 7.47. The molecule has 0 aliphatic carbocycles. The van der Waals surface area contributed by atoms with Crippen LogP contribution >= 0.6 is 7.82 Å². The van der Waals surface area contributed by atoms with E-state index in [2.05, 4.69) is 13.8 Å². The van der Waals surface area contributed by atoms with Crippen LogP contribution in [0.5, 0.6) is 0 Å². The Bertz CT molecular complexity index is 1070. The molecule has 10 heteroatoms. The fourth-order valence-electron chi connectivity index (χ4n) is 8.49. The van der Waals surface area contributed by atoms with Gasteiger partial charge < -0.3 is 18.9 Å². The molecule has 0 saturated carbocycles. The van der Waals surface area contributed by atoms with Gasteiger partial charge in [-0.25, -0.2) is 4.57 Å². The first-order chi connectivity index (χ1) is 31.5. The molecule has 0 fully saturated rings. The number of carbonyl (C=O) groups excluding carboxylic acids is 2. The molecule has 1 N–H and O–H groups in total. The summed E-state index contributed by atoms with van der Waals surface area (Å²) in [7, 11) is 1.50. The standard InChI is InChI=1S/C55H110NO8P/c1-6-8-10-12-14-16-18-20-22-24-26-28-30-32-34-36-38-40-42-44-46-48-55(58)64-53(52-63-65(59,60)62-50-49-56(3,4)5)51-61-54(57)47-45-43-41-39-37-35-33-31-29-27-25-23-21-19-17-15-13-11-9-7-2/h53H,6-52H2,1-5H3/p+1. The fourth-order valence-corrected chi connectivity index (χ4v) is 9.23. The molecule has 388 valence electrons. The minimum absolute atomic E-state index is 0.0374.